The maximum atomic E-state index is 13.5. The maximum absolute atomic E-state index is 13.5. The van der Waals surface area contributed by atoms with Crippen LogP contribution in [0.2, 0.25) is 0 Å². The summed E-state index contributed by atoms with van der Waals surface area (Å²) < 4.78 is 0. The quantitative estimate of drug-likeness (QED) is 0.882. The van der Waals surface area contributed by atoms with Crippen molar-refractivity contribution in [2.24, 2.45) is 5.92 Å². The van der Waals surface area contributed by atoms with E-state index in [-0.39, 0.29) is 30.2 Å². The molecule has 1 aliphatic carbocycles. The van der Waals surface area contributed by atoms with E-state index in [1.807, 2.05) is 24.3 Å². The Morgan fingerprint density at radius 1 is 1.15 bits per heavy atom. The van der Waals surface area contributed by atoms with Crippen LogP contribution in [-0.2, 0) is 14.4 Å². The standard InChI is InChI=1S/C20H24N2O4/c1-21-16-9-5-3-7-13(16)14(11-18(21)23)19(24)22-15-8-4-2-6-12(15)10-17(22)20(25)26/h3,5,7,9,12,14-15,17H,2,4,6,8,10-11H2,1H3,(H,25,26). The van der Waals surface area contributed by atoms with Crippen LogP contribution in [0.1, 0.15) is 50.0 Å². The summed E-state index contributed by atoms with van der Waals surface area (Å²) in [7, 11) is 1.72. The third-order valence-electron chi connectivity index (χ3n) is 6.35. The number of rotatable bonds is 2. The van der Waals surface area contributed by atoms with Crippen LogP contribution >= 0.6 is 0 Å². The molecule has 1 aromatic carbocycles. The van der Waals surface area contributed by atoms with Gasteiger partial charge in [-0.2, -0.15) is 0 Å². The van der Waals surface area contributed by atoms with E-state index in [4.69, 9.17) is 0 Å². The van der Waals surface area contributed by atoms with Gasteiger partial charge >= 0.3 is 5.97 Å². The minimum absolute atomic E-state index is 0.000676. The number of hydrogen-bond acceptors (Lipinski definition) is 3. The molecule has 0 radical (unpaired) electrons. The topological polar surface area (TPSA) is 77.9 Å². The van der Waals surface area contributed by atoms with Crippen LogP contribution < -0.4 is 4.90 Å². The Balaban J connectivity index is 1.71. The van der Waals surface area contributed by atoms with E-state index in [0.717, 1.165) is 36.9 Å². The molecule has 4 unspecified atom stereocenters. The van der Waals surface area contributed by atoms with Gasteiger partial charge in [-0.25, -0.2) is 4.79 Å². The number of carboxylic acids is 1. The Morgan fingerprint density at radius 3 is 2.65 bits per heavy atom. The maximum Gasteiger partial charge on any atom is 0.326 e. The Labute approximate surface area is 152 Å². The van der Waals surface area contributed by atoms with E-state index in [1.54, 1.807) is 16.8 Å². The van der Waals surface area contributed by atoms with E-state index < -0.39 is 17.9 Å². The van der Waals surface area contributed by atoms with Gasteiger partial charge in [0.25, 0.3) is 0 Å². The molecule has 1 saturated carbocycles. The number of carbonyl (C=O) groups is 3. The summed E-state index contributed by atoms with van der Waals surface area (Å²) in [6.07, 6.45) is 4.62. The number of likely N-dealkylation sites (tertiary alicyclic amines) is 1. The molecule has 2 amide bonds. The summed E-state index contributed by atoms with van der Waals surface area (Å²) in [5.74, 6) is -1.54. The van der Waals surface area contributed by atoms with Crippen molar-refractivity contribution < 1.29 is 19.5 Å². The molecular formula is C20H24N2O4. The Kier molecular flexibility index (Phi) is 4.21. The number of amides is 2. The molecule has 1 N–H and O–H groups in total. The average Bonchev–Trinajstić information content (AvgIpc) is 3.04. The van der Waals surface area contributed by atoms with E-state index in [9.17, 15) is 19.5 Å². The lowest BCUT2D eigenvalue weighted by molar-refractivity contribution is -0.151. The predicted molar refractivity (Wildman–Crippen MR) is 95.8 cm³/mol. The van der Waals surface area contributed by atoms with Crippen molar-refractivity contribution in [3.8, 4) is 0 Å². The van der Waals surface area contributed by atoms with Crippen LogP contribution in [0.25, 0.3) is 0 Å². The number of fused-ring (bicyclic) bond motifs is 2. The van der Waals surface area contributed by atoms with Crippen LogP contribution in [0.4, 0.5) is 5.69 Å². The largest absolute Gasteiger partial charge is 0.480 e. The summed E-state index contributed by atoms with van der Waals surface area (Å²) in [5, 5.41) is 9.70. The predicted octanol–water partition coefficient (Wildman–Crippen LogP) is 2.38. The van der Waals surface area contributed by atoms with Crippen LogP contribution in [0.5, 0.6) is 0 Å². The van der Waals surface area contributed by atoms with Crippen LogP contribution in [0.3, 0.4) is 0 Å². The van der Waals surface area contributed by atoms with E-state index in [1.165, 1.54) is 0 Å². The van der Waals surface area contributed by atoms with Crippen molar-refractivity contribution in [1.29, 1.82) is 0 Å². The van der Waals surface area contributed by atoms with Gasteiger partial charge in [0.15, 0.2) is 0 Å². The normalized spacial score (nSPS) is 30.7. The molecular weight excluding hydrogens is 332 g/mol. The number of hydrogen-bond donors (Lipinski definition) is 1. The highest BCUT2D eigenvalue weighted by Crippen LogP contribution is 2.43. The molecule has 138 valence electrons. The summed E-state index contributed by atoms with van der Waals surface area (Å²) in [5.41, 5.74) is 1.57. The zero-order chi connectivity index (χ0) is 18.4. The van der Waals surface area contributed by atoms with E-state index in [0.29, 0.717) is 6.42 Å². The fraction of sp³-hybridized carbons (Fsp3) is 0.550. The SMILES string of the molecule is CN1C(=O)CC(C(=O)N2C(C(=O)O)CC3CCCCC32)c2ccccc21. The van der Waals surface area contributed by atoms with Gasteiger partial charge in [-0.05, 0) is 36.8 Å². The number of benzene rings is 1. The van der Waals surface area contributed by atoms with E-state index in [2.05, 4.69) is 0 Å². The Bertz CT molecular complexity index is 762. The molecule has 2 fully saturated rings. The third kappa shape index (κ3) is 2.59. The molecule has 2 aliphatic heterocycles. The van der Waals surface area contributed by atoms with Gasteiger partial charge in [0.2, 0.25) is 11.8 Å². The van der Waals surface area contributed by atoms with Crippen molar-refractivity contribution in [3.05, 3.63) is 29.8 Å². The Morgan fingerprint density at radius 2 is 1.88 bits per heavy atom. The zero-order valence-corrected chi connectivity index (χ0v) is 14.9. The molecule has 1 aromatic rings. The van der Waals surface area contributed by atoms with Crippen LogP contribution in [0.15, 0.2) is 24.3 Å². The minimum Gasteiger partial charge on any atom is -0.480 e. The lowest BCUT2D eigenvalue weighted by atomic mass is 9.84. The smallest absolute Gasteiger partial charge is 0.326 e. The third-order valence-corrected chi connectivity index (χ3v) is 6.35. The van der Waals surface area contributed by atoms with Crippen molar-refractivity contribution in [2.45, 2.75) is 56.5 Å². The summed E-state index contributed by atoms with van der Waals surface area (Å²) >= 11 is 0. The van der Waals surface area contributed by atoms with Crippen molar-refractivity contribution in [1.82, 2.24) is 4.90 Å². The molecule has 4 atom stereocenters. The van der Waals surface area contributed by atoms with Gasteiger partial charge in [-0.1, -0.05) is 31.0 Å². The van der Waals surface area contributed by atoms with Crippen molar-refractivity contribution in [3.63, 3.8) is 0 Å². The fourth-order valence-electron chi connectivity index (χ4n) is 5.04. The summed E-state index contributed by atoms with van der Waals surface area (Å²) in [6.45, 7) is 0. The van der Waals surface area contributed by atoms with Gasteiger partial charge < -0.3 is 14.9 Å². The first kappa shape index (κ1) is 17.1. The molecule has 3 aliphatic rings. The molecule has 0 aromatic heterocycles. The number of carbonyl (C=O) groups excluding carboxylic acids is 2. The summed E-state index contributed by atoms with van der Waals surface area (Å²) in [4.78, 5) is 40.9. The van der Waals surface area contributed by atoms with Gasteiger partial charge in [0.05, 0.1) is 5.92 Å². The van der Waals surface area contributed by atoms with Gasteiger partial charge in [0.1, 0.15) is 6.04 Å². The average molecular weight is 356 g/mol. The zero-order valence-electron chi connectivity index (χ0n) is 14.9. The first-order valence-corrected chi connectivity index (χ1v) is 9.39. The number of anilines is 1. The number of aliphatic carboxylic acids is 1. The molecule has 6 heteroatoms. The van der Waals surface area contributed by atoms with Gasteiger partial charge in [-0.15, -0.1) is 0 Å². The first-order valence-electron chi connectivity index (χ1n) is 9.39. The molecule has 6 nitrogen and oxygen atoms in total. The van der Waals surface area contributed by atoms with Crippen molar-refractivity contribution >= 4 is 23.5 Å². The van der Waals surface area contributed by atoms with Gasteiger partial charge in [-0.3, -0.25) is 9.59 Å². The molecule has 0 bridgehead atoms. The molecule has 0 spiro atoms. The van der Waals surface area contributed by atoms with Crippen molar-refractivity contribution in [2.75, 3.05) is 11.9 Å². The number of nitrogens with zero attached hydrogens (tertiary/aromatic N) is 2. The Hall–Kier alpha value is -2.37. The lowest BCUT2D eigenvalue weighted by Gasteiger charge is -2.38. The first-order chi connectivity index (χ1) is 12.5. The minimum atomic E-state index is -0.930. The monoisotopic (exact) mass is 356 g/mol. The highest BCUT2D eigenvalue weighted by Gasteiger charge is 2.50. The number of carboxylic acid groups (broad SMARTS) is 1. The van der Waals surface area contributed by atoms with Crippen LogP contribution in [0, 0.1) is 5.92 Å². The summed E-state index contributed by atoms with van der Waals surface area (Å²) in [6, 6.07) is 6.67. The lowest BCUT2D eigenvalue weighted by Crippen LogP contribution is -2.49. The fourth-order valence-corrected chi connectivity index (χ4v) is 5.04. The molecule has 1 saturated heterocycles. The van der Waals surface area contributed by atoms with Crippen LogP contribution in [-0.4, -0.2) is 46.9 Å². The highest BCUT2D eigenvalue weighted by molar-refractivity contribution is 6.03. The van der Waals surface area contributed by atoms with Gasteiger partial charge in [0, 0.05) is 25.2 Å². The molecule has 2 heterocycles. The highest BCUT2D eigenvalue weighted by atomic mass is 16.4. The molecule has 4 rings (SSSR count). The number of para-hydroxylation sites is 1. The molecule has 26 heavy (non-hydrogen) atoms. The van der Waals surface area contributed by atoms with E-state index >= 15 is 0 Å². The second-order valence-corrected chi connectivity index (χ2v) is 7.72. The second kappa shape index (κ2) is 6.41. The second-order valence-electron chi connectivity index (χ2n) is 7.72.